The van der Waals surface area contributed by atoms with Crippen molar-refractivity contribution in [3.05, 3.63) is 65.7 Å². The zero-order valence-electron chi connectivity index (χ0n) is 14.6. The smallest absolute Gasteiger partial charge is 0.304 e. The van der Waals surface area contributed by atoms with Gasteiger partial charge in [-0.05, 0) is 48.0 Å². The Kier molecular flexibility index (Phi) is 6.86. The highest BCUT2D eigenvalue weighted by Crippen LogP contribution is 2.15. The van der Waals surface area contributed by atoms with E-state index < -0.39 is 16.0 Å². The van der Waals surface area contributed by atoms with Gasteiger partial charge in [-0.15, -0.1) is 0 Å². The highest BCUT2D eigenvalue weighted by Gasteiger charge is 2.14. The fourth-order valence-corrected chi connectivity index (χ4v) is 3.22. The number of ketones is 1. The van der Waals surface area contributed by atoms with Crippen LogP contribution in [0.4, 0.5) is 0 Å². The Morgan fingerprint density at radius 1 is 1.15 bits per heavy atom. The number of carboxylic acids is 1. The van der Waals surface area contributed by atoms with Crippen molar-refractivity contribution in [1.29, 1.82) is 0 Å². The molecule has 0 saturated carbocycles. The largest absolute Gasteiger partial charge is 0.497 e. The third kappa shape index (κ3) is 6.05. The van der Waals surface area contributed by atoms with Crippen LogP contribution in [0.1, 0.15) is 22.3 Å². The van der Waals surface area contributed by atoms with Crippen molar-refractivity contribution < 1.29 is 27.9 Å². The molecule has 0 radical (unpaired) electrons. The fourth-order valence-electron chi connectivity index (χ4n) is 2.19. The maximum atomic E-state index is 12.2. The fraction of sp³-hybridized carbons (Fsp3) is 0.158. The third-order valence-electron chi connectivity index (χ3n) is 3.60. The van der Waals surface area contributed by atoms with Crippen molar-refractivity contribution in [2.24, 2.45) is 0 Å². The Bertz CT molecular complexity index is 948. The first-order chi connectivity index (χ1) is 12.8. The highest BCUT2D eigenvalue weighted by atomic mass is 32.2. The first kappa shape index (κ1) is 20.3. The molecule has 0 fully saturated rings. The predicted octanol–water partition coefficient (Wildman–Crippen LogP) is 2.34. The van der Waals surface area contributed by atoms with Gasteiger partial charge in [0, 0.05) is 12.1 Å². The molecule has 2 aromatic rings. The number of carbonyl (C=O) groups excluding carboxylic acids is 1. The number of carbonyl (C=O) groups is 2. The number of rotatable bonds is 9. The topological polar surface area (TPSA) is 110 Å². The molecule has 0 saturated heterocycles. The van der Waals surface area contributed by atoms with Crippen LogP contribution in [0, 0.1) is 0 Å². The molecular weight excluding hydrogens is 370 g/mol. The Morgan fingerprint density at radius 2 is 1.85 bits per heavy atom. The second-order valence-electron chi connectivity index (χ2n) is 5.54. The Hall–Kier alpha value is -2.97. The first-order valence-corrected chi connectivity index (χ1v) is 9.48. The first-order valence-electron chi connectivity index (χ1n) is 8.00. The van der Waals surface area contributed by atoms with Crippen molar-refractivity contribution in [3.8, 4) is 5.75 Å². The Labute approximate surface area is 157 Å². The number of nitrogens with one attached hydrogen (secondary N) is 1. The number of allylic oxidation sites excluding steroid dienone is 1. The van der Waals surface area contributed by atoms with Crippen LogP contribution in [0.3, 0.4) is 0 Å². The molecule has 0 unspecified atom stereocenters. The summed E-state index contributed by atoms with van der Waals surface area (Å²) < 4.78 is 31.4. The molecule has 0 aliphatic rings. The molecule has 0 aliphatic carbocycles. The van der Waals surface area contributed by atoms with Crippen LogP contribution in [0.15, 0.2) is 59.5 Å². The van der Waals surface area contributed by atoms with Crippen LogP contribution in [-0.4, -0.2) is 38.9 Å². The van der Waals surface area contributed by atoms with E-state index in [2.05, 4.69) is 4.72 Å². The van der Waals surface area contributed by atoms with Gasteiger partial charge in [0.25, 0.3) is 0 Å². The molecule has 2 aromatic carbocycles. The van der Waals surface area contributed by atoms with Gasteiger partial charge in [-0.25, -0.2) is 13.1 Å². The molecule has 8 heteroatoms. The lowest BCUT2D eigenvalue weighted by Gasteiger charge is -2.06. The molecule has 2 rings (SSSR count). The molecule has 27 heavy (non-hydrogen) atoms. The summed E-state index contributed by atoms with van der Waals surface area (Å²) in [7, 11) is -2.26. The SMILES string of the molecule is COc1cccc(/C=C/C(=O)c2ccc(S(=O)(=O)NCCC(=O)O)cc2)c1. The summed E-state index contributed by atoms with van der Waals surface area (Å²) in [5, 5.41) is 8.55. The zero-order valence-corrected chi connectivity index (χ0v) is 15.4. The molecule has 0 aromatic heterocycles. The minimum Gasteiger partial charge on any atom is -0.497 e. The van der Waals surface area contributed by atoms with Gasteiger partial charge in [0.05, 0.1) is 18.4 Å². The highest BCUT2D eigenvalue weighted by molar-refractivity contribution is 7.89. The Morgan fingerprint density at radius 3 is 2.48 bits per heavy atom. The summed E-state index contributed by atoms with van der Waals surface area (Å²) in [4.78, 5) is 22.6. The maximum Gasteiger partial charge on any atom is 0.304 e. The Balaban J connectivity index is 2.06. The van der Waals surface area contributed by atoms with E-state index in [1.54, 1.807) is 31.4 Å². The van der Waals surface area contributed by atoms with E-state index in [4.69, 9.17) is 9.84 Å². The van der Waals surface area contributed by atoms with Gasteiger partial charge < -0.3 is 9.84 Å². The van der Waals surface area contributed by atoms with Crippen molar-refractivity contribution >= 4 is 27.9 Å². The second-order valence-corrected chi connectivity index (χ2v) is 7.31. The summed E-state index contributed by atoms with van der Waals surface area (Å²) in [5.74, 6) is -0.698. The predicted molar refractivity (Wildman–Crippen MR) is 100 cm³/mol. The van der Waals surface area contributed by atoms with E-state index in [1.807, 2.05) is 6.07 Å². The van der Waals surface area contributed by atoms with Crippen molar-refractivity contribution in [2.75, 3.05) is 13.7 Å². The number of ether oxygens (including phenoxy) is 1. The number of hydrogen-bond acceptors (Lipinski definition) is 5. The molecule has 2 N–H and O–H groups in total. The number of hydrogen-bond donors (Lipinski definition) is 2. The van der Waals surface area contributed by atoms with Crippen LogP contribution in [0.5, 0.6) is 5.75 Å². The van der Waals surface area contributed by atoms with Crippen LogP contribution in [0.2, 0.25) is 0 Å². The van der Waals surface area contributed by atoms with Crippen LogP contribution >= 0.6 is 0 Å². The van der Waals surface area contributed by atoms with Gasteiger partial charge >= 0.3 is 5.97 Å². The average molecular weight is 389 g/mol. The van der Waals surface area contributed by atoms with Gasteiger partial charge in [-0.3, -0.25) is 9.59 Å². The number of aliphatic carboxylic acids is 1. The molecule has 0 bridgehead atoms. The van der Waals surface area contributed by atoms with Gasteiger partial charge in [-0.2, -0.15) is 0 Å². The van der Waals surface area contributed by atoms with E-state index in [0.29, 0.717) is 11.3 Å². The summed E-state index contributed by atoms with van der Waals surface area (Å²) in [5.41, 5.74) is 1.13. The molecular formula is C19H19NO6S. The molecule has 0 heterocycles. The molecule has 7 nitrogen and oxygen atoms in total. The summed E-state index contributed by atoms with van der Waals surface area (Å²) in [6.07, 6.45) is 2.72. The maximum absolute atomic E-state index is 12.2. The molecule has 0 aliphatic heterocycles. The van der Waals surface area contributed by atoms with Crippen LogP contribution in [-0.2, 0) is 14.8 Å². The normalized spacial score (nSPS) is 11.4. The zero-order chi connectivity index (χ0) is 19.9. The van der Waals surface area contributed by atoms with Crippen molar-refractivity contribution in [2.45, 2.75) is 11.3 Å². The number of benzene rings is 2. The molecule has 0 atom stereocenters. The lowest BCUT2D eigenvalue weighted by atomic mass is 10.1. The quantitative estimate of drug-likeness (QED) is 0.503. The van der Waals surface area contributed by atoms with Crippen molar-refractivity contribution in [1.82, 2.24) is 4.72 Å². The van der Waals surface area contributed by atoms with Crippen LogP contribution < -0.4 is 9.46 Å². The second kappa shape index (κ2) is 9.11. The van der Waals surface area contributed by atoms with E-state index in [-0.39, 0.29) is 23.6 Å². The molecule has 0 amide bonds. The summed E-state index contributed by atoms with van der Waals surface area (Å²) >= 11 is 0. The lowest BCUT2D eigenvalue weighted by molar-refractivity contribution is -0.136. The minimum absolute atomic E-state index is 0.0405. The van der Waals surface area contributed by atoms with E-state index in [0.717, 1.165) is 5.56 Å². The van der Waals surface area contributed by atoms with E-state index >= 15 is 0 Å². The average Bonchev–Trinajstić information content (AvgIpc) is 2.66. The van der Waals surface area contributed by atoms with Gasteiger partial charge in [0.1, 0.15) is 5.75 Å². The summed E-state index contributed by atoms with van der Waals surface area (Å²) in [6, 6.07) is 12.6. The lowest BCUT2D eigenvalue weighted by Crippen LogP contribution is -2.26. The number of sulfonamides is 1. The number of carboxylic acid groups (broad SMARTS) is 1. The van der Waals surface area contributed by atoms with E-state index in [9.17, 15) is 18.0 Å². The summed E-state index contributed by atoms with van der Waals surface area (Å²) in [6.45, 7) is -0.207. The van der Waals surface area contributed by atoms with Gasteiger partial charge in [0.15, 0.2) is 5.78 Å². The van der Waals surface area contributed by atoms with Gasteiger partial charge in [-0.1, -0.05) is 18.2 Å². The van der Waals surface area contributed by atoms with E-state index in [1.165, 1.54) is 30.3 Å². The van der Waals surface area contributed by atoms with Crippen molar-refractivity contribution in [3.63, 3.8) is 0 Å². The minimum atomic E-state index is -3.82. The van der Waals surface area contributed by atoms with Gasteiger partial charge in [0.2, 0.25) is 10.0 Å². The monoisotopic (exact) mass is 389 g/mol. The van der Waals surface area contributed by atoms with Crippen LogP contribution in [0.25, 0.3) is 6.08 Å². The molecule has 0 spiro atoms. The standard InChI is InChI=1S/C19H19NO6S/c1-26-16-4-2-3-14(13-16)5-10-18(21)15-6-8-17(9-7-15)27(24,25)20-12-11-19(22)23/h2-10,13,20H,11-12H2,1H3,(H,22,23)/b10-5+. The third-order valence-corrected chi connectivity index (χ3v) is 5.08. The number of methoxy groups -OCH3 is 1. The molecule has 142 valence electrons.